The van der Waals surface area contributed by atoms with Crippen molar-refractivity contribution >= 4 is 29.2 Å². The Bertz CT molecular complexity index is 11.1. The van der Waals surface area contributed by atoms with Gasteiger partial charge in [0.15, 0.2) is 0 Å². The van der Waals surface area contributed by atoms with E-state index in [1.165, 1.54) is 14.1 Å². The Morgan fingerprint density at radius 1 is 1.60 bits per heavy atom. The second-order valence-corrected chi connectivity index (χ2v) is 1.14. The molecule has 5 heteroatoms. The van der Waals surface area contributed by atoms with Crippen LogP contribution in [0.4, 0.5) is 0 Å². The first-order valence-corrected chi connectivity index (χ1v) is 2.12. The summed E-state index contributed by atoms with van der Waals surface area (Å²) in [5, 5.41) is 0. The molecular weight excluding hydrogens is 57.3 g/mol. The Hall–Kier alpha value is 0.220. The Morgan fingerprint density at radius 2 is 2.20 bits per heavy atom. The van der Waals surface area contributed by atoms with Gasteiger partial charge in [-0.25, -0.2) is 0 Å². The molecule has 0 unspecified atom stereocenters. The average molecular weight is 64.3 g/mol. The van der Waals surface area contributed by atoms with Gasteiger partial charge in [0.25, 0.3) is 0 Å². The van der Waals surface area contributed by atoms with Crippen molar-refractivity contribution in [3.63, 3.8) is 0 Å². The second-order valence-electron chi connectivity index (χ2n) is 1.14. The van der Waals surface area contributed by atoms with Crippen LogP contribution in [0.25, 0.3) is 0 Å². The largest absolute Gasteiger partial charge is 0.380 e. The maximum absolute atomic E-state index is 5.14. The van der Waals surface area contributed by atoms with Crippen LogP contribution in [0.15, 0.2) is 0 Å². The molecule has 24 valence electrons. The van der Waals surface area contributed by atoms with Gasteiger partial charge in [-0.15, -0.1) is 0 Å². The van der Waals surface area contributed by atoms with Crippen molar-refractivity contribution in [1.29, 1.82) is 0 Å². The van der Waals surface area contributed by atoms with E-state index >= 15 is 0 Å². The molecule has 0 aliphatic heterocycles. The molecule has 0 aliphatic rings. The van der Waals surface area contributed by atoms with Crippen LogP contribution in [0.5, 0.6) is 0 Å². The van der Waals surface area contributed by atoms with E-state index in [-0.39, 0.29) is 0 Å². The summed E-state index contributed by atoms with van der Waals surface area (Å²) in [4.78, 5) is 0. The molecule has 0 heterocycles. The molecule has 2 N–H and O–H groups in total. The summed E-state index contributed by atoms with van der Waals surface area (Å²) < 4.78 is 0. The molecule has 0 atom stereocenters. The van der Waals surface area contributed by atoms with E-state index in [9.17, 15) is 0 Å². The third-order valence-electron chi connectivity index (χ3n) is 0.558. The fourth-order valence-electron chi connectivity index (χ4n) is 0.204. The molecule has 0 fully saturated rings. The third kappa shape index (κ3) is 4.22. The molecule has 0 bridgehead atoms. The monoisotopic (exact) mass is 65.1 g/mol. The van der Waals surface area contributed by atoms with Crippen LogP contribution in [0, 0.1) is 0 Å². The third-order valence-corrected chi connectivity index (χ3v) is 0.558. The van der Waals surface area contributed by atoms with Crippen LogP contribution in [-0.2, 0) is 0 Å². The molecule has 0 amide bonds. The van der Waals surface area contributed by atoms with Crippen LogP contribution in [-0.4, -0.2) is 29.2 Å². The van der Waals surface area contributed by atoms with E-state index in [4.69, 9.17) is 5.64 Å². The Labute approximate surface area is 35.8 Å². The maximum atomic E-state index is 5.14. The van der Waals surface area contributed by atoms with E-state index in [1.807, 2.05) is 0 Å². The first-order chi connectivity index (χ1) is 2.41. The van der Waals surface area contributed by atoms with E-state index in [0.29, 0.717) is 0 Å². The zero-order valence-electron chi connectivity index (χ0n) is 3.70. The van der Waals surface area contributed by atoms with Crippen LogP contribution >= 0.6 is 0 Å². The van der Waals surface area contributed by atoms with Gasteiger partial charge in [0.05, 0.1) is 14.8 Å². The van der Waals surface area contributed by atoms with E-state index in [0.717, 1.165) is 7.31 Å². The smallest absolute Gasteiger partial charge is 0.149 e. The van der Waals surface area contributed by atoms with Crippen LogP contribution in [0.3, 0.4) is 0 Å². The fraction of sp³-hybridized carbons (Fsp3) is 0. The maximum Gasteiger partial charge on any atom is 0.149 e. The Kier molecular flexibility index (Phi) is 4.41. The molecule has 0 aliphatic carbocycles. The van der Waals surface area contributed by atoms with Crippen molar-refractivity contribution in [3.8, 4) is 0 Å². The van der Waals surface area contributed by atoms with Gasteiger partial charge < -0.3 is 5.64 Å². The van der Waals surface area contributed by atoms with Crippen LogP contribution < -0.4 is 5.64 Å². The molecule has 5 heavy (non-hydrogen) atoms. The van der Waals surface area contributed by atoms with Gasteiger partial charge in [0.1, 0.15) is 7.31 Å². The summed E-state index contributed by atoms with van der Waals surface area (Å²) in [7, 11) is 5.36. The zero-order valence-corrected chi connectivity index (χ0v) is 3.70. The number of hydrogen-bond acceptors (Lipinski definition) is 1. The zero-order chi connectivity index (χ0) is 4.12. The van der Waals surface area contributed by atoms with E-state index in [2.05, 4.69) is 7.74 Å². The number of rotatable bonds is 2. The van der Waals surface area contributed by atoms with Crippen molar-refractivity contribution in [2.24, 2.45) is 5.64 Å². The molecule has 0 rings (SSSR count). The van der Waals surface area contributed by atoms with E-state index < -0.39 is 0 Å². The molecule has 0 aromatic heterocycles. The van der Waals surface area contributed by atoms with Crippen molar-refractivity contribution in [3.05, 3.63) is 0 Å². The Balaban J connectivity index is 2.19. The van der Waals surface area contributed by atoms with Crippen molar-refractivity contribution in [2.75, 3.05) is 0 Å². The quantitative estimate of drug-likeness (QED) is 0.332. The highest BCUT2D eigenvalue weighted by atomic mass is 14.3. The van der Waals surface area contributed by atoms with Crippen LogP contribution in [0.1, 0.15) is 0 Å². The highest BCUT2D eigenvalue weighted by Gasteiger charge is 1.79. The van der Waals surface area contributed by atoms with Gasteiger partial charge in [-0.3, -0.25) is 0 Å². The molecule has 0 spiro atoms. The van der Waals surface area contributed by atoms with E-state index in [1.54, 1.807) is 0 Å². The molecule has 0 saturated heterocycles. The second kappa shape index (κ2) is 4.22. The highest BCUT2D eigenvalue weighted by molar-refractivity contribution is 7.40. The normalized spacial score (nSPS) is 5.80. The standard InChI is InChI=1S/B4H7N/c1-2-3-4-5/h2-4H,1,5H2. The molecule has 0 aromatic carbocycles. The first kappa shape index (κ1) is 5.22. The average Bonchev–Trinajstić information content (AvgIpc) is 1.41. The van der Waals surface area contributed by atoms with Gasteiger partial charge in [-0.2, -0.15) is 0 Å². The minimum Gasteiger partial charge on any atom is -0.380 e. The summed E-state index contributed by atoms with van der Waals surface area (Å²) in [5.41, 5.74) is 5.14. The summed E-state index contributed by atoms with van der Waals surface area (Å²) in [6, 6.07) is 0. The minimum atomic E-state index is 0.844. The van der Waals surface area contributed by atoms with Gasteiger partial charge in [-0.1, -0.05) is 0 Å². The predicted molar refractivity (Wildman–Crippen MR) is 34.2 cm³/mol. The minimum absolute atomic E-state index is 0.844. The predicted octanol–water partition coefficient (Wildman–Crippen LogP) is -3.45. The van der Waals surface area contributed by atoms with Gasteiger partial charge in [0, 0.05) is 7.06 Å². The van der Waals surface area contributed by atoms with Crippen molar-refractivity contribution in [1.82, 2.24) is 0 Å². The number of nitrogens with two attached hydrogens (primary N) is 1. The summed E-state index contributed by atoms with van der Waals surface area (Å²) in [5.74, 6) is 0. The molecule has 0 saturated carbocycles. The highest BCUT2D eigenvalue weighted by Crippen LogP contribution is 1.32. The van der Waals surface area contributed by atoms with Crippen molar-refractivity contribution in [2.45, 2.75) is 0 Å². The first-order valence-electron chi connectivity index (χ1n) is 2.12. The molecule has 0 aromatic rings. The summed E-state index contributed by atoms with van der Waals surface area (Å²) >= 11 is 0. The number of hydrogen-bond donors (Lipinski definition) is 1. The fourth-order valence-corrected chi connectivity index (χ4v) is 0.204. The van der Waals surface area contributed by atoms with Crippen LogP contribution in [0.2, 0.25) is 0 Å². The summed E-state index contributed by atoms with van der Waals surface area (Å²) in [6.07, 6.45) is 0. The lowest BCUT2D eigenvalue weighted by Gasteiger charge is -1.70. The lowest BCUT2D eigenvalue weighted by Crippen LogP contribution is -2.20. The van der Waals surface area contributed by atoms with Gasteiger partial charge in [0.2, 0.25) is 0 Å². The Morgan fingerprint density at radius 3 is 2.20 bits per heavy atom. The van der Waals surface area contributed by atoms with Gasteiger partial charge >= 0.3 is 0 Å². The SMILES string of the molecule is BBBBN. The molecule has 0 radical (unpaired) electrons. The van der Waals surface area contributed by atoms with Gasteiger partial charge in [-0.05, 0) is 0 Å². The lowest BCUT2D eigenvalue weighted by molar-refractivity contribution is 1.98. The topological polar surface area (TPSA) is 26.0 Å². The van der Waals surface area contributed by atoms with Crippen molar-refractivity contribution < 1.29 is 0 Å². The molecular formula is H7B4N. The molecule has 1 nitrogen and oxygen atoms in total. The lowest BCUT2D eigenvalue weighted by atomic mass is 9.16. The summed E-state index contributed by atoms with van der Waals surface area (Å²) in [6.45, 7) is 0.